The highest BCUT2D eigenvalue weighted by atomic mass is 16.6. The molecular formula is C21H32N2O4. The molecule has 1 aliphatic heterocycles. The van der Waals surface area contributed by atoms with Gasteiger partial charge in [-0.15, -0.1) is 0 Å². The second-order valence-electron chi connectivity index (χ2n) is 8.25. The zero-order valence-electron chi connectivity index (χ0n) is 17.2. The number of likely N-dealkylation sites (tertiary alicyclic amines) is 1. The third-order valence-electron chi connectivity index (χ3n) is 4.53. The number of benzene rings is 1. The van der Waals surface area contributed by atoms with Crippen molar-refractivity contribution in [3.8, 4) is 0 Å². The fourth-order valence-electron chi connectivity index (χ4n) is 3.34. The second kappa shape index (κ2) is 9.22. The van der Waals surface area contributed by atoms with Crippen LogP contribution in [0.25, 0.3) is 0 Å². The van der Waals surface area contributed by atoms with Crippen LogP contribution in [0.5, 0.6) is 0 Å². The number of rotatable bonds is 5. The number of methoxy groups -OCH3 is 1. The van der Waals surface area contributed by atoms with Crippen LogP contribution in [0.15, 0.2) is 24.3 Å². The van der Waals surface area contributed by atoms with Gasteiger partial charge in [0.2, 0.25) is 0 Å². The summed E-state index contributed by atoms with van der Waals surface area (Å²) in [6.07, 6.45) is 1.62. The van der Waals surface area contributed by atoms with Crippen molar-refractivity contribution in [1.82, 2.24) is 9.80 Å². The Hall–Kier alpha value is -2.08. The maximum absolute atomic E-state index is 12.9. The Morgan fingerprint density at radius 3 is 2.70 bits per heavy atom. The molecule has 0 aromatic heterocycles. The van der Waals surface area contributed by atoms with Gasteiger partial charge in [0.1, 0.15) is 5.60 Å². The number of hydrogen-bond acceptors (Lipinski definition) is 4. The van der Waals surface area contributed by atoms with Crippen LogP contribution in [0.2, 0.25) is 0 Å². The zero-order chi connectivity index (χ0) is 20.0. The topological polar surface area (TPSA) is 59.1 Å². The Kier molecular flexibility index (Phi) is 7.25. The molecule has 6 nitrogen and oxygen atoms in total. The lowest BCUT2D eigenvalue weighted by molar-refractivity contribution is 0.0244. The lowest BCUT2D eigenvalue weighted by Crippen LogP contribution is -2.45. The standard InChI is InChI=1S/C21H32N2O4/c1-21(2,3)27-20(25)22(4)13-17-9-7-11-23(14-17)19(24)18-10-6-8-16(12-18)15-26-5/h6,8,10,12,17H,7,9,11,13-15H2,1-5H3/t17-/m0/s1. The van der Waals surface area contributed by atoms with E-state index in [1.54, 1.807) is 19.1 Å². The molecule has 1 heterocycles. The van der Waals surface area contributed by atoms with Crippen molar-refractivity contribution in [2.24, 2.45) is 5.92 Å². The average molecular weight is 376 g/mol. The van der Waals surface area contributed by atoms with Gasteiger partial charge in [0, 0.05) is 39.4 Å². The van der Waals surface area contributed by atoms with Crippen LogP contribution in [0.3, 0.4) is 0 Å². The summed E-state index contributed by atoms with van der Waals surface area (Å²) in [6, 6.07) is 7.58. The molecule has 150 valence electrons. The number of carbonyl (C=O) groups excluding carboxylic acids is 2. The van der Waals surface area contributed by atoms with Crippen molar-refractivity contribution >= 4 is 12.0 Å². The van der Waals surface area contributed by atoms with Crippen LogP contribution < -0.4 is 0 Å². The van der Waals surface area contributed by atoms with Gasteiger partial charge < -0.3 is 19.3 Å². The summed E-state index contributed by atoms with van der Waals surface area (Å²) in [4.78, 5) is 28.6. The van der Waals surface area contributed by atoms with Gasteiger partial charge in [-0.1, -0.05) is 12.1 Å². The van der Waals surface area contributed by atoms with Gasteiger partial charge >= 0.3 is 6.09 Å². The minimum absolute atomic E-state index is 0.0394. The molecule has 0 N–H and O–H groups in total. The van der Waals surface area contributed by atoms with E-state index in [9.17, 15) is 9.59 Å². The molecule has 2 amide bonds. The van der Waals surface area contributed by atoms with Gasteiger partial charge in [0.05, 0.1) is 6.61 Å². The summed E-state index contributed by atoms with van der Waals surface area (Å²) in [7, 11) is 3.40. The van der Waals surface area contributed by atoms with Gasteiger partial charge in [-0.2, -0.15) is 0 Å². The number of amides is 2. The first kappa shape index (κ1) is 21.2. The maximum Gasteiger partial charge on any atom is 0.410 e. The Bertz CT molecular complexity index is 654. The summed E-state index contributed by atoms with van der Waals surface area (Å²) in [5.41, 5.74) is 1.17. The molecule has 0 aliphatic carbocycles. The first-order chi connectivity index (χ1) is 12.7. The van der Waals surface area contributed by atoms with Gasteiger partial charge in [0.15, 0.2) is 0 Å². The Labute approximate surface area is 162 Å². The summed E-state index contributed by atoms with van der Waals surface area (Å²) < 4.78 is 10.6. The van der Waals surface area contributed by atoms with E-state index < -0.39 is 5.60 Å². The number of hydrogen-bond donors (Lipinski definition) is 0. The molecule has 6 heteroatoms. The Morgan fingerprint density at radius 1 is 1.30 bits per heavy atom. The van der Waals surface area contributed by atoms with Crippen molar-refractivity contribution in [2.75, 3.05) is 33.8 Å². The minimum Gasteiger partial charge on any atom is -0.444 e. The molecule has 1 saturated heterocycles. The first-order valence-electron chi connectivity index (χ1n) is 9.51. The molecule has 0 bridgehead atoms. The molecule has 0 unspecified atom stereocenters. The summed E-state index contributed by atoms with van der Waals surface area (Å²) in [5.74, 6) is 0.292. The van der Waals surface area contributed by atoms with E-state index in [0.29, 0.717) is 25.3 Å². The highest BCUT2D eigenvalue weighted by Crippen LogP contribution is 2.21. The van der Waals surface area contributed by atoms with E-state index in [1.165, 1.54) is 0 Å². The fraction of sp³-hybridized carbons (Fsp3) is 0.619. The number of piperidine rings is 1. The minimum atomic E-state index is -0.507. The van der Waals surface area contributed by atoms with Crippen LogP contribution in [-0.4, -0.2) is 61.2 Å². The molecule has 1 fully saturated rings. The molecule has 1 aromatic rings. The van der Waals surface area contributed by atoms with Crippen LogP contribution in [-0.2, 0) is 16.1 Å². The van der Waals surface area contributed by atoms with Gasteiger partial charge in [-0.05, 0) is 57.2 Å². The molecule has 27 heavy (non-hydrogen) atoms. The van der Waals surface area contributed by atoms with Gasteiger partial charge in [-0.25, -0.2) is 4.79 Å². The zero-order valence-corrected chi connectivity index (χ0v) is 17.2. The molecule has 2 rings (SSSR count). The van der Waals surface area contributed by atoms with E-state index in [1.807, 2.05) is 49.9 Å². The predicted octanol–water partition coefficient (Wildman–Crippen LogP) is 3.55. The van der Waals surface area contributed by atoms with Crippen molar-refractivity contribution in [1.29, 1.82) is 0 Å². The summed E-state index contributed by atoms with van der Waals surface area (Å²) in [6.45, 7) is 8.06. The number of nitrogens with zero attached hydrogens (tertiary/aromatic N) is 2. The Balaban J connectivity index is 1.96. The van der Waals surface area contributed by atoms with Crippen molar-refractivity contribution in [3.05, 3.63) is 35.4 Å². The number of ether oxygens (including phenoxy) is 2. The molecule has 0 spiro atoms. The van der Waals surface area contributed by atoms with E-state index in [4.69, 9.17) is 9.47 Å². The summed E-state index contributed by atoms with van der Waals surface area (Å²) in [5, 5.41) is 0. The smallest absolute Gasteiger partial charge is 0.410 e. The lowest BCUT2D eigenvalue weighted by Gasteiger charge is -2.35. The molecule has 1 aromatic carbocycles. The van der Waals surface area contributed by atoms with Crippen LogP contribution in [0.4, 0.5) is 4.79 Å². The largest absolute Gasteiger partial charge is 0.444 e. The van der Waals surface area contributed by atoms with Crippen LogP contribution >= 0.6 is 0 Å². The molecule has 1 aliphatic rings. The van der Waals surface area contributed by atoms with E-state index in [2.05, 4.69) is 0 Å². The predicted molar refractivity (Wildman–Crippen MR) is 105 cm³/mol. The quantitative estimate of drug-likeness (QED) is 0.788. The average Bonchev–Trinajstić information content (AvgIpc) is 2.60. The molecule has 1 atom stereocenters. The SMILES string of the molecule is COCc1cccc(C(=O)N2CCC[C@@H](CN(C)C(=O)OC(C)(C)C)C2)c1. The fourth-order valence-corrected chi connectivity index (χ4v) is 3.34. The van der Waals surface area contributed by atoms with Gasteiger partial charge in [0.25, 0.3) is 5.91 Å². The van der Waals surface area contributed by atoms with Crippen LogP contribution in [0.1, 0.15) is 49.5 Å². The third kappa shape index (κ3) is 6.54. The summed E-state index contributed by atoms with van der Waals surface area (Å²) >= 11 is 0. The molecular weight excluding hydrogens is 344 g/mol. The van der Waals surface area contributed by atoms with Crippen molar-refractivity contribution < 1.29 is 19.1 Å². The highest BCUT2D eigenvalue weighted by molar-refractivity contribution is 5.94. The second-order valence-corrected chi connectivity index (χ2v) is 8.25. The number of carbonyl (C=O) groups is 2. The maximum atomic E-state index is 12.9. The third-order valence-corrected chi connectivity index (χ3v) is 4.53. The van der Waals surface area contributed by atoms with E-state index in [-0.39, 0.29) is 17.9 Å². The lowest BCUT2D eigenvalue weighted by atomic mass is 9.96. The van der Waals surface area contributed by atoms with Gasteiger partial charge in [-0.3, -0.25) is 4.79 Å². The van der Waals surface area contributed by atoms with Crippen LogP contribution in [0, 0.1) is 5.92 Å². The van der Waals surface area contributed by atoms with E-state index in [0.717, 1.165) is 24.9 Å². The van der Waals surface area contributed by atoms with Crippen molar-refractivity contribution in [3.63, 3.8) is 0 Å². The normalized spacial score (nSPS) is 17.5. The first-order valence-corrected chi connectivity index (χ1v) is 9.51. The molecule has 0 radical (unpaired) electrons. The van der Waals surface area contributed by atoms with Crippen molar-refractivity contribution in [2.45, 2.75) is 45.8 Å². The highest BCUT2D eigenvalue weighted by Gasteiger charge is 2.28. The van der Waals surface area contributed by atoms with E-state index >= 15 is 0 Å². The monoisotopic (exact) mass is 376 g/mol. The molecule has 0 saturated carbocycles. The Morgan fingerprint density at radius 2 is 2.04 bits per heavy atom.